The molecule has 0 saturated heterocycles. The lowest BCUT2D eigenvalue weighted by atomic mass is 9.78. The van der Waals surface area contributed by atoms with Crippen molar-refractivity contribution in [3.63, 3.8) is 0 Å². The second-order valence-corrected chi connectivity index (χ2v) is 5.98. The lowest BCUT2D eigenvalue weighted by Gasteiger charge is -2.39. The highest BCUT2D eigenvalue weighted by Crippen LogP contribution is 2.39. The van der Waals surface area contributed by atoms with Gasteiger partial charge in [-0.2, -0.15) is 0 Å². The Balaban J connectivity index is 1.79. The molecular weight excluding hydrogens is 252 g/mol. The van der Waals surface area contributed by atoms with Crippen LogP contribution in [0, 0.1) is 11.8 Å². The van der Waals surface area contributed by atoms with E-state index in [0.717, 1.165) is 23.8 Å². The van der Waals surface area contributed by atoms with E-state index in [-0.39, 0.29) is 5.60 Å². The Morgan fingerprint density at radius 2 is 1.80 bits per heavy atom. The highest BCUT2D eigenvalue weighted by molar-refractivity contribution is 9.09. The zero-order valence-corrected chi connectivity index (χ0v) is 11.4. The average molecular weight is 275 g/mol. The number of ether oxygens (including phenoxy) is 1. The molecule has 0 atom stereocenters. The number of halogens is 1. The Hall–Kier alpha value is 0.440. The molecule has 0 amide bonds. The number of alkyl halides is 1. The molecule has 0 aromatic carbocycles. The lowest BCUT2D eigenvalue weighted by molar-refractivity contribution is -0.0645. The van der Waals surface area contributed by atoms with E-state index in [0.29, 0.717) is 0 Å². The largest absolute Gasteiger partial charge is 0.374 e. The van der Waals surface area contributed by atoms with Crippen LogP contribution in [-0.2, 0) is 4.74 Å². The van der Waals surface area contributed by atoms with Crippen LogP contribution in [0.1, 0.15) is 51.9 Å². The standard InChI is InChI=1S/C13H23BrO/c1-2-11-5-7-13(10-14,8-6-11)15-9-12-3-4-12/h11-12H,2-10H2,1H3. The second-order valence-electron chi connectivity index (χ2n) is 5.42. The summed E-state index contributed by atoms with van der Waals surface area (Å²) in [5.41, 5.74) is 0.189. The molecule has 1 nitrogen and oxygen atoms in total. The third-order valence-corrected chi connectivity index (χ3v) is 5.18. The molecule has 0 unspecified atom stereocenters. The molecule has 0 bridgehead atoms. The molecule has 2 aliphatic carbocycles. The summed E-state index contributed by atoms with van der Waals surface area (Å²) in [4.78, 5) is 0. The van der Waals surface area contributed by atoms with Gasteiger partial charge >= 0.3 is 0 Å². The zero-order valence-electron chi connectivity index (χ0n) is 9.80. The maximum absolute atomic E-state index is 6.19. The van der Waals surface area contributed by atoms with Crippen LogP contribution < -0.4 is 0 Å². The predicted octanol–water partition coefficient (Wildman–Crippen LogP) is 4.15. The molecule has 0 aromatic rings. The fourth-order valence-corrected chi connectivity index (χ4v) is 3.23. The first-order valence-corrected chi connectivity index (χ1v) is 7.60. The van der Waals surface area contributed by atoms with Crippen LogP contribution in [-0.4, -0.2) is 17.5 Å². The summed E-state index contributed by atoms with van der Waals surface area (Å²) in [6, 6.07) is 0. The van der Waals surface area contributed by atoms with Gasteiger partial charge < -0.3 is 4.74 Å². The van der Waals surface area contributed by atoms with E-state index in [9.17, 15) is 0 Å². The summed E-state index contributed by atoms with van der Waals surface area (Å²) in [5, 5.41) is 1.03. The Kier molecular flexibility index (Phi) is 4.11. The SMILES string of the molecule is CCC1CCC(CBr)(OCC2CC2)CC1. The monoisotopic (exact) mass is 274 g/mol. The molecule has 2 heteroatoms. The minimum absolute atomic E-state index is 0.189. The van der Waals surface area contributed by atoms with Crippen LogP contribution in [0.25, 0.3) is 0 Å². The van der Waals surface area contributed by atoms with Gasteiger partial charge in [-0.3, -0.25) is 0 Å². The van der Waals surface area contributed by atoms with Gasteiger partial charge in [0.1, 0.15) is 0 Å². The van der Waals surface area contributed by atoms with Crippen molar-refractivity contribution >= 4 is 15.9 Å². The topological polar surface area (TPSA) is 9.23 Å². The third-order valence-electron chi connectivity index (χ3n) is 4.16. The van der Waals surface area contributed by atoms with Crippen molar-refractivity contribution in [2.45, 2.75) is 57.5 Å². The minimum atomic E-state index is 0.189. The summed E-state index contributed by atoms with van der Waals surface area (Å²) in [7, 11) is 0. The van der Waals surface area contributed by atoms with Gasteiger partial charge in [0, 0.05) is 5.33 Å². The van der Waals surface area contributed by atoms with Gasteiger partial charge in [-0.25, -0.2) is 0 Å². The molecule has 0 N–H and O–H groups in total. The van der Waals surface area contributed by atoms with E-state index in [1.54, 1.807) is 0 Å². The Morgan fingerprint density at radius 1 is 1.13 bits per heavy atom. The van der Waals surface area contributed by atoms with E-state index < -0.39 is 0 Å². The first-order valence-electron chi connectivity index (χ1n) is 6.48. The first-order chi connectivity index (χ1) is 7.28. The number of hydrogen-bond acceptors (Lipinski definition) is 1. The maximum atomic E-state index is 6.19. The predicted molar refractivity (Wildman–Crippen MR) is 67.5 cm³/mol. The van der Waals surface area contributed by atoms with Crippen molar-refractivity contribution in [3.05, 3.63) is 0 Å². The van der Waals surface area contributed by atoms with Crippen LogP contribution >= 0.6 is 15.9 Å². The van der Waals surface area contributed by atoms with E-state index in [1.807, 2.05) is 0 Å². The van der Waals surface area contributed by atoms with Crippen molar-refractivity contribution in [1.82, 2.24) is 0 Å². The Morgan fingerprint density at radius 3 is 2.27 bits per heavy atom. The van der Waals surface area contributed by atoms with E-state index in [1.165, 1.54) is 44.9 Å². The highest BCUT2D eigenvalue weighted by atomic mass is 79.9. The van der Waals surface area contributed by atoms with Crippen molar-refractivity contribution in [3.8, 4) is 0 Å². The molecule has 88 valence electrons. The van der Waals surface area contributed by atoms with Crippen molar-refractivity contribution in [1.29, 1.82) is 0 Å². The van der Waals surface area contributed by atoms with Gasteiger partial charge in [0.15, 0.2) is 0 Å². The smallest absolute Gasteiger partial charge is 0.0779 e. The number of rotatable bonds is 5. The van der Waals surface area contributed by atoms with E-state index >= 15 is 0 Å². The molecule has 0 heterocycles. The van der Waals surface area contributed by atoms with Gasteiger partial charge in [-0.05, 0) is 50.4 Å². The molecule has 2 rings (SSSR count). The summed E-state index contributed by atoms with van der Waals surface area (Å²) >= 11 is 3.66. The number of hydrogen-bond donors (Lipinski definition) is 0. The van der Waals surface area contributed by atoms with Gasteiger partial charge in [-0.15, -0.1) is 0 Å². The molecule has 2 aliphatic rings. The highest BCUT2D eigenvalue weighted by Gasteiger charge is 2.36. The Labute approximate surface area is 102 Å². The van der Waals surface area contributed by atoms with Crippen LogP contribution in [0.3, 0.4) is 0 Å². The van der Waals surface area contributed by atoms with Crippen LogP contribution in [0.15, 0.2) is 0 Å². The molecule has 15 heavy (non-hydrogen) atoms. The third kappa shape index (κ3) is 3.20. The fraction of sp³-hybridized carbons (Fsp3) is 1.00. The summed E-state index contributed by atoms with van der Waals surface area (Å²) in [6.45, 7) is 3.33. The normalized spacial score (nSPS) is 36.8. The van der Waals surface area contributed by atoms with Crippen molar-refractivity contribution in [2.75, 3.05) is 11.9 Å². The fourth-order valence-electron chi connectivity index (χ4n) is 2.51. The van der Waals surface area contributed by atoms with Gasteiger partial charge in [0.2, 0.25) is 0 Å². The van der Waals surface area contributed by atoms with Gasteiger partial charge in [-0.1, -0.05) is 29.3 Å². The van der Waals surface area contributed by atoms with Crippen molar-refractivity contribution < 1.29 is 4.74 Å². The Bertz CT molecular complexity index is 193. The second kappa shape index (κ2) is 5.18. The summed E-state index contributed by atoms with van der Waals surface area (Å²) in [5.74, 6) is 1.85. The zero-order chi connectivity index (χ0) is 10.7. The van der Waals surface area contributed by atoms with E-state index in [2.05, 4.69) is 22.9 Å². The van der Waals surface area contributed by atoms with E-state index in [4.69, 9.17) is 4.74 Å². The molecule has 2 fully saturated rings. The molecule has 0 spiro atoms. The van der Waals surface area contributed by atoms with Gasteiger partial charge in [0.05, 0.1) is 12.2 Å². The maximum Gasteiger partial charge on any atom is 0.0779 e. The van der Waals surface area contributed by atoms with Crippen LogP contribution in [0.4, 0.5) is 0 Å². The summed E-state index contributed by atoms with van der Waals surface area (Å²) in [6.07, 6.45) is 9.42. The molecular formula is C13H23BrO. The van der Waals surface area contributed by atoms with Gasteiger partial charge in [0.25, 0.3) is 0 Å². The van der Waals surface area contributed by atoms with Crippen molar-refractivity contribution in [2.24, 2.45) is 11.8 Å². The molecule has 0 aliphatic heterocycles. The van der Waals surface area contributed by atoms with Crippen LogP contribution in [0.2, 0.25) is 0 Å². The minimum Gasteiger partial charge on any atom is -0.374 e. The molecule has 2 saturated carbocycles. The summed E-state index contributed by atoms with van der Waals surface area (Å²) < 4.78 is 6.19. The van der Waals surface area contributed by atoms with Crippen LogP contribution in [0.5, 0.6) is 0 Å². The first kappa shape index (κ1) is 11.9. The quantitative estimate of drug-likeness (QED) is 0.685. The molecule has 0 aromatic heterocycles. The average Bonchev–Trinajstić information content (AvgIpc) is 3.11. The lowest BCUT2D eigenvalue weighted by Crippen LogP contribution is -2.39. The molecule has 0 radical (unpaired) electrons.